The van der Waals surface area contributed by atoms with Gasteiger partial charge in [-0.05, 0) is 37.6 Å². The summed E-state index contributed by atoms with van der Waals surface area (Å²) in [5.41, 5.74) is 2.81. The van der Waals surface area contributed by atoms with Crippen molar-refractivity contribution in [1.82, 2.24) is 15.0 Å². The SMILES string of the molecule is COc1cccc(OC)c1Nc1nc(C)c(-c2nc3ccccc3s2)c(N[C@@H]2C[C@H](CO)[C@@H](O)[C@H]2O)n1. The molecular weight excluding hydrogens is 494 g/mol. The van der Waals surface area contributed by atoms with Crippen molar-refractivity contribution < 1.29 is 24.8 Å². The zero-order valence-electron chi connectivity index (χ0n) is 20.7. The maximum absolute atomic E-state index is 10.7. The topological polar surface area (TPSA) is 142 Å². The normalized spacial score (nSPS) is 21.2. The van der Waals surface area contributed by atoms with Crippen molar-refractivity contribution in [3.8, 4) is 22.1 Å². The van der Waals surface area contributed by atoms with Crippen molar-refractivity contribution in [2.75, 3.05) is 31.5 Å². The van der Waals surface area contributed by atoms with E-state index >= 15 is 0 Å². The van der Waals surface area contributed by atoms with Gasteiger partial charge in [0, 0.05) is 12.5 Å². The standard InChI is InChI=1S/C26H29N5O5S/c1-13-20(25-29-15-7-4-5-10-19(15)37-25)24(28-16-11-14(12-32)22(33)23(16)34)31-26(27-13)30-21-17(35-2)8-6-9-18(21)36-3/h4-10,14,16,22-23,32-34H,11-12H2,1-3H3,(H2,27,28,30,31)/t14-,16-,22-,23+/m1/s1. The number of hydrogen-bond donors (Lipinski definition) is 5. The van der Waals surface area contributed by atoms with E-state index in [4.69, 9.17) is 24.4 Å². The summed E-state index contributed by atoms with van der Waals surface area (Å²) in [5.74, 6) is 1.44. The Morgan fingerprint density at radius 2 is 1.70 bits per heavy atom. The molecule has 11 heteroatoms. The summed E-state index contributed by atoms with van der Waals surface area (Å²) in [6.45, 7) is 1.65. The highest BCUT2D eigenvalue weighted by Crippen LogP contribution is 2.40. The number of thiazole rings is 1. The first-order valence-corrected chi connectivity index (χ1v) is 12.7. The van der Waals surface area contributed by atoms with Gasteiger partial charge in [0.15, 0.2) is 0 Å². The lowest BCUT2D eigenvalue weighted by Crippen LogP contribution is -2.35. The number of nitrogens with zero attached hydrogens (tertiary/aromatic N) is 3. The van der Waals surface area contributed by atoms with E-state index < -0.39 is 24.2 Å². The third kappa shape index (κ3) is 4.78. The lowest BCUT2D eigenvalue weighted by Gasteiger charge is -2.21. The Kier molecular flexibility index (Phi) is 7.11. The average Bonchev–Trinajstić information content (AvgIpc) is 3.44. The van der Waals surface area contributed by atoms with E-state index in [9.17, 15) is 15.3 Å². The number of aliphatic hydroxyl groups is 3. The van der Waals surface area contributed by atoms with Crippen LogP contribution in [0.3, 0.4) is 0 Å². The predicted molar refractivity (Wildman–Crippen MR) is 143 cm³/mol. The summed E-state index contributed by atoms with van der Waals surface area (Å²) in [4.78, 5) is 14.3. The highest BCUT2D eigenvalue weighted by Gasteiger charge is 2.41. The van der Waals surface area contributed by atoms with Crippen LogP contribution in [-0.4, -0.2) is 69.3 Å². The zero-order valence-corrected chi connectivity index (χ0v) is 21.5. The van der Waals surface area contributed by atoms with Crippen LogP contribution in [0.4, 0.5) is 17.5 Å². The number of hydrogen-bond acceptors (Lipinski definition) is 11. The molecule has 2 heterocycles. The molecule has 1 aliphatic carbocycles. The third-order valence-electron chi connectivity index (χ3n) is 6.62. The van der Waals surface area contributed by atoms with Crippen molar-refractivity contribution in [3.63, 3.8) is 0 Å². The molecule has 5 N–H and O–H groups in total. The molecule has 1 fully saturated rings. The Hall–Kier alpha value is -3.51. The van der Waals surface area contributed by atoms with E-state index in [1.165, 1.54) is 11.3 Å². The third-order valence-corrected chi connectivity index (χ3v) is 7.67. The minimum Gasteiger partial charge on any atom is -0.494 e. The second-order valence-electron chi connectivity index (χ2n) is 8.92. The molecule has 10 nitrogen and oxygen atoms in total. The molecule has 0 unspecified atom stereocenters. The van der Waals surface area contributed by atoms with Crippen molar-refractivity contribution in [2.45, 2.75) is 31.6 Å². The van der Waals surface area contributed by atoms with Gasteiger partial charge in [0.1, 0.15) is 34.1 Å². The predicted octanol–water partition coefficient (Wildman–Crippen LogP) is 3.34. The molecule has 0 spiro atoms. The number of methoxy groups -OCH3 is 2. The van der Waals surface area contributed by atoms with E-state index in [0.717, 1.165) is 15.2 Å². The summed E-state index contributed by atoms with van der Waals surface area (Å²) in [6, 6.07) is 12.8. The van der Waals surface area contributed by atoms with Crippen LogP contribution in [0.1, 0.15) is 12.1 Å². The summed E-state index contributed by atoms with van der Waals surface area (Å²) >= 11 is 1.52. The van der Waals surface area contributed by atoms with Crippen LogP contribution in [0.25, 0.3) is 20.8 Å². The molecule has 1 aliphatic rings. The summed E-state index contributed by atoms with van der Waals surface area (Å²) < 4.78 is 12.0. The first-order valence-electron chi connectivity index (χ1n) is 11.9. The van der Waals surface area contributed by atoms with Gasteiger partial charge in [-0.25, -0.2) is 9.97 Å². The Balaban J connectivity index is 1.59. The lowest BCUT2D eigenvalue weighted by molar-refractivity contribution is 0.00446. The van der Waals surface area contributed by atoms with Gasteiger partial charge >= 0.3 is 0 Å². The van der Waals surface area contributed by atoms with Crippen LogP contribution >= 0.6 is 11.3 Å². The summed E-state index contributed by atoms with van der Waals surface area (Å²) in [6.07, 6.45) is -1.72. The minimum atomic E-state index is -1.07. The van der Waals surface area contributed by atoms with E-state index in [-0.39, 0.29) is 6.61 Å². The first-order chi connectivity index (χ1) is 17.9. The molecule has 4 aromatic rings. The molecule has 0 bridgehead atoms. The van der Waals surface area contributed by atoms with E-state index in [1.807, 2.05) is 37.3 Å². The molecule has 0 radical (unpaired) electrons. The van der Waals surface area contributed by atoms with Gasteiger partial charge in [-0.2, -0.15) is 4.98 Å². The van der Waals surface area contributed by atoms with Crippen molar-refractivity contribution in [1.29, 1.82) is 0 Å². The molecule has 4 atom stereocenters. The Labute approximate surface area is 218 Å². The van der Waals surface area contributed by atoms with Crippen LogP contribution in [0.5, 0.6) is 11.5 Å². The molecule has 5 rings (SSSR count). The number of rotatable bonds is 8. The van der Waals surface area contributed by atoms with Crippen LogP contribution in [-0.2, 0) is 0 Å². The van der Waals surface area contributed by atoms with Crippen LogP contribution in [0, 0.1) is 12.8 Å². The number of aliphatic hydroxyl groups excluding tert-OH is 3. The molecule has 0 aliphatic heterocycles. The van der Waals surface area contributed by atoms with Crippen molar-refractivity contribution >= 4 is 39.0 Å². The Morgan fingerprint density at radius 1 is 0.973 bits per heavy atom. The number of benzene rings is 2. The van der Waals surface area contributed by atoms with Gasteiger partial charge in [-0.15, -0.1) is 11.3 Å². The van der Waals surface area contributed by atoms with E-state index in [1.54, 1.807) is 26.4 Å². The average molecular weight is 524 g/mol. The second kappa shape index (κ2) is 10.5. The molecule has 2 aromatic heterocycles. The summed E-state index contributed by atoms with van der Waals surface area (Å²) in [7, 11) is 3.14. The lowest BCUT2D eigenvalue weighted by atomic mass is 10.1. The van der Waals surface area contributed by atoms with Gasteiger partial charge in [-0.3, -0.25) is 0 Å². The maximum Gasteiger partial charge on any atom is 0.229 e. The fraction of sp³-hybridized carbons (Fsp3) is 0.346. The molecule has 194 valence electrons. The Bertz CT molecular complexity index is 1360. The zero-order chi connectivity index (χ0) is 26.1. The van der Waals surface area contributed by atoms with E-state index in [0.29, 0.717) is 46.6 Å². The number of fused-ring (bicyclic) bond motifs is 1. The summed E-state index contributed by atoms with van der Waals surface area (Å²) in [5, 5.41) is 37.9. The van der Waals surface area contributed by atoms with E-state index in [2.05, 4.69) is 10.6 Å². The highest BCUT2D eigenvalue weighted by atomic mass is 32.1. The first kappa shape index (κ1) is 25.2. The second-order valence-corrected chi connectivity index (χ2v) is 9.95. The van der Waals surface area contributed by atoms with Crippen LogP contribution < -0.4 is 20.1 Å². The van der Waals surface area contributed by atoms with Crippen molar-refractivity contribution in [2.24, 2.45) is 5.92 Å². The molecule has 0 saturated heterocycles. The molecule has 0 amide bonds. The number of aromatic nitrogens is 3. The Morgan fingerprint density at radius 3 is 2.35 bits per heavy atom. The molecule has 1 saturated carbocycles. The van der Waals surface area contributed by atoms with Gasteiger partial charge in [-0.1, -0.05) is 18.2 Å². The van der Waals surface area contributed by atoms with Gasteiger partial charge in [0.05, 0.1) is 47.8 Å². The fourth-order valence-electron chi connectivity index (χ4n) is 4.68. The van der Waals surface area contributed by atoms with Gasteiger partial charge < -0.3 is 35.4 Å². The van der Waals surface area contributed by atoms with Crippen LogP contribution in [0.2, 0.25) is 0 Å². The molecule has 2 aromatic carbocycles. The molecular formula is C26H29N5O5S. The number of aryl methyl sites for hydroxylation is 1. The molecule has 37 heavy (non-hydrogen) atoms. The number of ether oxygens (including phenoxy) is 2. The number of anilines is 3. The monoisotopic (exact) mass is 523 g/mol. The fourth-order valence-corrected chi connectivity index (χ4v) is 5.74. The van der Waals surface area contributed by atoms with Crippen LogP contribution in [0.15, 0.2) is 42.5 Å². The smallest absolute Gasteiger partial charge is 0.229 e. The number of para-hydroxylation sites is 2. The quantitative estimate of drug-likeness (QED) is 0.233. The number of nitrogens with one attached hydrogen (secondary N) is 2. The minimum absolute atomic E-state index is 0.218. The largest absolute Gasteiger partial charge is 0.494 e. The highest BCUT2D eigenvalue weighted by molar-refractivity contribution is 7.21. The van der Waals surface area contributed by atoms with Gasteiger partial charge in [0.2, 0.25) is 5.95 Å². The maximum atomic E-state index is 10.7. The van der Waals surface area contributed by atoms with Crippen molar-refractivity contribution in [3.05, 3.63) is 48.2 Å². The van der Waals surface area contributed by atoms with Gasteiger partial charge in [0.25, 0.3) is 0 Å².